The molecule has 0 bridgehead atoms. The zero-order valence-electron chi connectivity index (χ0n) is 13.4. The summed E-state index contributed by atoms with van der Waals surface area (Å²) in [6, 6.07) is 8.06. The Labute approximate surface area is 138 Å². The van der Waals surface area contributed by atoms with Crippen LogP contribution in [0.25, 0.3) is 0 Å². The lowest BCUT2D eigenvalue weighted by Crippen LogP contribution is -2.44. The topological polar surface area (TPSA) is 93.2 Å². The van der Waals surface area contributed by atoms with Gasteiger partial charge in [0.1, 0.15) is 12.6 Å². The summed E-state index contributed by atoms with van der Waals surface area (Å²) in [6.07, 6.45) is -0.701. The highest BCUT2D eigenvalue weighted by molar-refractivity contribution is 6.01. The van der Waals surface area contributed by atoms with Crippen LogP contribution in [0.2, 0.25) is 0 Å². The minimum absolute atomic E-state index is 0.00938. The first kappa shape index (κ1) is 17.5. The number of likely N-dealkylation sites (N-methyl/N-ethyl adjacent to an activating group) is 1. The molecule has 128 valence electrons. The van der Waals surface area contributed by atoms with E-state index in [4.69, 9.17) is 9.57 Å². The van der Waals surface area contributed by atoms with Gasteiger partial charge in [-0.05, 0) is 12.5 Å². The number of rotatable bonds is 5. The maximum absolute atomic E-state index is 12.0. The van der Waals surface area contributed by atoms with E-state index in [1.54, 1.807) is 12.1 Å². The number of amides is 3. The third-order valence-corrected chi connectivity index (χ3v) is 3.60. The second-order valence-corrected chi connectivity index (χ2v) is 5.32. The van der Waals surface area contributed by atoms with Crippen LogP contribution in [-0.2, 0) is 30.6 Å². The van der Waals surface area contributed by atoms with Crippen LogP contribution < -0.4 is 0 Å². The average Bonchev–Trinajstić information content (AvgIpc) is 2.91. The predicted octanol–water partition coefficient (Wildman–Crippen LogP) is 1.25. The standard InChI is InChI=1S/C16H18N2O6/c1-11(15(21)24-18-13(19)8-9-14(18)20)17(2)16(22)23-10-12-6-4-3-5-7-12/h3-7,11H,8-10H2,1-2H3/t11-/m0/s1. The van der Waals surface area contributed by atoms with Crippen molar-refractivity contribution in [3.8, 4) is 0 Å². The smallest absolute Gasteiger partial charge is 0.410 e. The average molecular weight is 334 g/mol. The summed E-state index contributed by atoms with van der Waals surface area (Å²) in [4.78, 5) is 52.6. The van der Waals surface area contributed by atoms with E-state index in [9.17, 15) is 19.2 Å². The molecule has 1 fully saturated rings. The van der Waals surface area contributed by atoms with Gasteiger partial charge in [0.15, 0.2) is 0 Å². The first-order valence-electron chi connectivity index (χ1n) is 7.41. The van der Waals surface area contributed by atoms with E-state index in [1.807, 2.05) is 18.2 Å². The molecule has 8 nitrogen and oxygen atoms in total. The maximum atomic E-state index is 12.0. The summed E-state index contributed by atoms with van der Waals surface area (Å²) in [5.41, 5.74) is 0.808. The van der Waals surface area contributed by atoms with E-state index < -0.39 is 29.9 Å². The van der Waals surface area contributed by atoms with E-state index >= 15 is 0 Å². The highest BCUT2D eigenvalue weighted by atomic mass is 16.7. The van der Waals surface area contributed by atoms with Crippen molar-refractivity contribution in [2.75, 3.05) is 7.05 Å². The number of carbonyl (C=O) groups is 4. The molecule has 0 spiro atoms. The minimum Gasteiger partial charge on any atom is -0.445 e. The van der Waals surface area contributed by atoms with Gasteiger partial charge in [-0.2, -0.15) is 0 Å². The Kier molecular flexibility index (Phi) is 5.51. The Balaban J connectivity index is 1.87. The fourth-order valence-corrected chi connectivity index (χ4v) is 1.96. The van der Waals surface area contributed by atoms with Gasteiger partial charge >= 0.3 is 12.1 Å². The van der Waals surface area contributed by atoms with Gasteiger partial charge in [-0.3, -0.25) is 14.5 Å². The Bertz CT molecular complexity index is 629. The molecule has 0 aliphatic carbocycles. The number of hydroxylamine groups is 2. The largest absolute Gasteiger partial charge is 0.445 e. The van der Waals surface area contributed by atoms with Crippen LogP contribution in [0, 0.1) is 0 Å². The number of nitrogens with zero attached hydrogens (tertiary/aromatic N) is 2. The highest BCUT2D eigenvalue weighted by Gasteiger charge is 2.35. The van der Waals surface area contributed by atoms with Gasteiger partial charge in [0.25, 0.3) is 11.8 Å². The number of hydrogen-bond donors (Lipinski definition) is 0. The van der Waals surface area contributed by atoms with Gasteiger partial charge < -0.3 is 9.57 Å². The lowest BCUT2D eigenvalue weighted by atomic mass is 10.2. The van der Waals surface area contributed by atoms with E-state index in [0.717, 1.165) is 10.5 Å². The van der Waals surface area contributed by atoms with Crippen LogP contribution in [0.15, 0.2) is 30.3 Å². The normalized spacial score (nSPS) is 15.2. The monoisotopic (exact) mass is 334 g/mol. The molecule has 1 aromatic rings. The summed E-state index contributed by atoms with van der Waals surface area (Å²) >= 11 is 0. The Hall–Kier alpha value is -2.90. The van der Waals surface area contributed by atoms with E-state index in [0.29, 0.717) is 5.06 Å². The molecule has 3 amide bonds. The van der Waals surface area contributed by atoms with Gasteiger partial charge in [-0.15, -0.1) is 5.06 Å². The van der Waals surface area contributed by atoms with Crippen molar-refractivity contribution in [1.29, 1.82) is 0 Å². The molecule has 0 radical (unpaired) electrons. The van der Waals surface area contributed by atoms with Crippen LogP contribution >= 0.6 is 0 Å². The van der Waals surface area contributed by atoms with Gasteiger partial charge in [-0.25, -0.2) is 9.59 Å². The van der Waals surface area contributed by atoms with Gasteiger partial charge in [0, 0.05) is 19.9 Å². The van der Waals surface area contributed by atoms with E-state index in [2.05, 4.69) is 0 Å². The van der Waals surface area contributed by atoms with Crippen LogP contribution in [0.3, 0.4) is 0 Å². The highest BCUT2D eigenvalue weighted by Crippen LogP contribution is 2.14. The second-order valence-electron chi connectivity index (χ2n) is 5.32. The molecule has 2 rings (SSSR count). The summed E-state index contributed by atoms with van der Waals surface area (Å²) in [7, 11) is 1.37. The zero-order valence-corrected chi connectivity index (χ0v) is 13.4. The maximum Gasteiger partial charge on any atom is 0.410 e. The molecular formula is C16H18N2O6. The molecular weight excluding hydrogens is 316 g/mol. The van der Waals surface area contributed by atoms with Crippen molar-refractivity contribution in [3.05, 3.63) is 35.9 Å². The summed E-state index contributed by atoms with van der Waals surface area (Å²) in [6.45, 7) is 1.48. The van der Waals surface area contributed by atoms with Crippen LogP contribution in [0.1, 0.15) is 25.3 Å². The Morgan fingerprint density at radius 3 is 2.33 bits per heavy atom. The van der Waals surface area contributed by atoms with Crippen molar-refractivity contribution < 1.29 is 28.8 Å². The summed E-state index contributed by atoms with van der Waals surface area (Å²) in [5.74, 6) is -2.04. The lowest BCUT2D eigenvalue weighted by molar-refractivity contribution is -0.200. The molecule has 1 atom stereocenters. The first-order valence-corrected chi connectivity index (χ1v) is 7.41. The number of hydrogen-bond acceptors (Lipinski definition) is 6. The van der Waals surface area contributed by atoms with Crippen molar-refractivity contribution in [2.45, 2.75) is 32.4 Å². The number of benzene rings is 1. The molecule has 1 aliphatic heterocycles. The second kappa shape index (κ2) is 7.58. The van der Waals surface area contributed by atoms with Crippen molar-refractivity contribution in [1.82, 2.24) is 9.96 Å². The zero-order chi connectivity index (χ0) is 17.7. The van der Waals surface area contributed by atoms with Crippen LogP contribution in [0.5, 0.6) is 0 Å². The quantitative estimate of drug-likeness (QED) is 0.752. The van der Waals surface area contributed by atoms with Crippen LogP contribution in [0.4, 0.5) is 4.79 Å². The number of ether oxygens (including phenoxy) is 1. The Morgan fingerprint density at radius 2 is 1.75 bits per heavy atom. The molecule has 1 aliphatic rings. The third kappa shape index (κ3) is 4.09. The van der Waals surface area contributed by atoms with Crippen molar-refractivity contribution in [3.63, 3.8) is 0 Å². The molecule has 0 unspecified atom stereocenters. The predicted molar refractivity (Wildman–Crippen MR) is 81.0 cm³/mol. The van der Waals surface area contributed by atoms with E-state index in [1.165, 1.54) is 14.0 Å². The molecule has 0 aromatic heterocycles. The number of imide groups is 1. The summed E-state index contributed by atoms with van der Waals surface area (Å²) in [5, 5.41) is 0.446. The molecule has 1 heterocycles. The van der Waals surface area contributed by atoms with Gasteiger partial charge in [0.05, 0.1) is 0 Å². The van der Waals surface area contributed by atoms with Crippen molar-refractivity contribution in [2.24, 2.45) is 0 Å². The van der Waals surface area contributed by atoms with Crippen LogP contribution in [-0.4, -0.2) is 46.9 Å². The fraction of sp³-hybridized carbons (Fsp3) is 0.375. The van der Waals surface area contributed by atoms with Gasteiger partial charge in [0.2, 0.25) is 0 Å². The summed E-state index contributed by atoms with van der Waals surface area (Å²) < 4.78 is 5.11. The minimum atomic E-state index is -1.02. The van der Waals surface area contributed by atoms with Crippen molar-refractivity contribution >= 4 is 23.9 Å². The molecule has 8 heteroatoms. The first-order chi connectivity index (χ1) is 11.4. The van der Waals surface area contributed by atoms with Gasteiger partial charge in [-0.1, -0.05) is 30.3 Å². The molecule has 0 saturated carbocycles. The SMILES string of the molecule is C[C@@H](C(=O)ON1C(=O)CCC1=O)N(C)C(=O)OCc1ccccc1. The van der Waals surface area contributed by atoms with E-state index in [-0.39, 0.29) is 19.4 Å². The Morgan fingerprint density at radius 1 is 1.17 bits per heavy atom. The third-order valence-electron chi connectivity index (χ3n) is 3.60. The fourth-order valence-electron chi connectivity index (χ4n) is 1.96. The molecule has 24 heavy (non-hydrogen) atoms. The molecule has 0 N–H and O–H groups in total. The molecule has 1 saturated heterocycles. The molecule has 1 aromatic carbocycles. The number of carbonyl (C=O) groups excluding carboxylic acids is 4. The lowest BCUT2D eigenvalue weighted by Gasteiger charge is -2.24.